The zero-order valence-electron chi connectivity index (χ0n) is 12.7. The molecule has 0 aromatic heterocycles. The summed E-state index contributed by atoms with van der Waals surface area (Å²) in [5.74, 6) is 0.196. The molecule has 1 aromatic rings. The number of carboxylic acid groups (broad SMARTS) is 1. The van der Waals surface area contributed by atoms with Crippen LogP contribution in [0.25, 0.3) is 6.08 Å². The van der Waals surface area contributed by atoms with Gasteiger partial charge in [0.1, 0.15) is 0 Å². The standard InChI is InChI=1S/C15H19Cl3O4Si/c1-2-21-14-11-12(6-8-15(19)20)5-7-13(14)22-9-3-4-10-23(16,17)18/h5-8,11H,2-4,9-10H2,1H3,(H,19,20)/b8-6+. The number of carboxylic acids is 1. The van der Waals surface area contributed by atoms with Gasteiger partial charge in [-0.2, -0.15) is 0 Å². The summed E-state index contributed by atoms with van der Waals surface area (Å²) in [6.07, 6.45) is 4.16. The van der Waals surface area contributed by atoms with Gasteiger partial charge in [-0.3, -0.25) is 0 Å². The Balaban J connectivity index is 2.61. The first-order valence-corrected chi connectivity index (χ1v) is 12.4. The molecular weight excluding hydrogens is 379 g/mol. The summed E-state index contributed by atoms with van der Waals surface area (Å²) in [7, 11) is 0. The van der Waals surface area contributed by atoms with E-state index < -0.39 is 12.0 Å². The fourth-order valence-electron chi connectivity index (χ4n) is 1.79. The van der Waals surface area contributed by atoms with Crippen molar-refractivity contribution in [1.29, 1.82) is 0 Å². The SMILES string of the molecule is CCOc1cc(/C=C/C(=O)O)ccc1OCCCC[Si](Cl)(Cl)Cl. The molecule has 0 bridgehead atoms. The molecule has 0 saturated heterocycles. The third-order valence-corrected chi connectivity index (χ3v) is 5.42. The number of benzene rings is 1. The van der Waals surface area contributed by atoms with Crippen molar-refractivity contribution in [2.24, 2.45) is 0 Å². The fourth-order valence-corrected chi connectivity index (χ4v) is 3.65. The van der Waals surface area contributed by atoms with E-state index in [4.69, 9.17) is 47.8 Å². The first-order valence-electron chi connectivity index (χ1n) is 7.19. The van der Waals surface area contributed by atoms with Gasteiger partial charge in [-0.1, -0.05) is 6.07 Å². The Labute approximate surface area is 151 Å². The molecule has 0 fully saturated rings. The Morgan fingerprint density at radius 2 is 1.96 bits per heavy atom. The first-order chi connectivity index (χ1) is 10.8. The summed E-state index contributed by atoms with van der Waals surface area (Å²) >= 11 is 17.5. The Bertz CT molecular complexity index is 544. The van der Waals surface area contributed by atoms with E-state index in [-0.39, 0.29) is 0 Å². The molecule has 0 saturated carbocycles. The monoisotopic (exact) mass is 396 g/mol. The molecule has 23 heavy (non-hydrogen) atoms. The lowest BCUT2D eigenvalue weighted by Gasteiger charge is -2.13. The largest absolute Gasteiger partial charge is 0.490 e. The lowest BCUT2D eigenvalue weighted by molar-refractivity contribution is -0.131. The predicted molar refractivity (Wildman–Crippen MR) is 97.1 cm³/mol. The van der Waals surface area contributed by atoms with Crippen molar-refractivity contribution in [3.63, 3.8) is 0 Å². The molecule has 0 unspecified atom stereocenters. The molecule has 0 aliphatic carbocycles. The smallest absolute Gasteiger partial charge is 0.341 e. The van der Waals surface area contributed by atoms with Crippen molar-refractivity contribution in [1.82, 2.24) is 0 Å². The topological polar surface area (TPSA) is 55.8 Å². The molecule has 1 rings (SSSR count). The maximum absolute atomic E-state index is 10.6. The van der Waals surface area contributed by atoms with Crippen molar-refractivity contribution in [2.75, 3.05) is 13.2 Å². The highest BCUT2D eigenvalue weighted by Gasteiger charge is 2.23. The second-order valence-corrected chi connectivity index (χ2v) is 14.0. The number of hydrogen-bond donors (Lipinski definition) is 1. The fraction of sp³-hybridized carbons (Fsp3) is 0.400. The highest BCUT2D eigenvalue weighted by atomic mass is 35.8. The molecule has 0 atom stereocenters. The number of aliphatic carboxylic acids is 1. The summed E-state index contributed by atoms with van der Waals surface area (Å²) < 4.78 is 11.2. The molecule has 0 amide bonds. The van der Waals surface area contributed by atoms with Gasteiger partial charge in [0.15, 0.2) is 11.5 Å². The number of unbranched alkanes of at least 4 members (excludes halogenated alkanes) is 1. The van der Waals surface area contributed by atoms with Crippen molar-refractivity contribution < 1.29 is 19.4 Å². The molecular formula is C15H19Cl3O4Si. The number of halogens is 3. The van der Waals surface area contributed by atoms with Crippen LogP contribution in [-0.2, 0) is 4.79 Å². The molecule has 1 N–H and O–H groups in total. The summed E-state index contributed by atoms with van der Waals surface area (Å²) in [4.78, 5) is 10.6. The van der Waals surface area contributed by atoms with E-state index in [2.05, 4.69) is 0 Å². The number of ether oxygens (including phenoxy) is 2. The maximum Gasteiger partial charge on any atom is 0.341 e. The average Bonchev–Trinajstić information content (AvgIpc) is 2.45. The Morgan fingerprint density at radius 1 is 1.22 bits per heavy atom. The van der Waals surface area contributed by atoms with E-state index in [1.54, 1.807) is 18.2 Å². The van der Waals surface area contributed by atoms with Crippen LogP contribution in [0.5, 0.6) is 11.5 Å². The van der Waals surface area contributed by atoms with Crippen LogP contribution in [0.3, 0.4) is 0 Å². The van der Waals surface area contributed by atoms with Gasteiger partial charge >= 0.3 is 12.0 Å². The van der Waals surface area contributed by atoms with Crippen LogP contribution in [0.2, 0.25) is 6.04 Å². The van der Waals surface area contributed by atoms with Crippen LogP contribution < -0.4 is 9.47 Å². The minimum atomic E-state index is -2.56. The lowest BCUT2D eigenvalue weighted by Crippen LogP contribution is -2.09. The Hall–Kier alpha value is -0.883. The molecule has 0 radical (unpaired) electrons. The minimum Gasteiger partial charge on any atom is -0.490 e. The summed E-state index contributed by atoms with van der Waals surface area (Å²) in [6, 6.07) is 3.33. The second-order valence-electron chi connectivity index (χ2n) is 4.73. The highest BCUT2D eigenvalue weighted by Crippen LogP contribution is 2.30. The molecule has 0 aliphatic rings. The van der Waals surface area contributed by atoms with Crippen LogP contribution in [0, 0.1) is 0 Å². The maximum atomic E-state index is 10.6. The van der Waals surface area contributed by atoms with Crippen LogP contribution in [0.15, 0.2) is 24.3 Å². The van der Waals surface area contributed by atoms with E-state index in [1.165, 1.54) is 6.08 Å². The zero-order valence-corrected chi connectivity index (χ0v) is 16.0. The van der Waals surface area contributed by atoms with Crippen LogP contribution in [0.4, 0.5) is 0 Å². The summed E-state index contributed by atoms with van der Waals surface area (Å²) in [5, 5.41) is 8.66. The van der Waals surface area contributed by atoms with Gasteiger partial charge in [0.2, 0.25) is 0 Å². The third kappa shape index (κ3) is 9.10. The number of hydrogen-bond acceptors (Lipinski definition) is 3. The molecule has 128 valence electrons. The van der Waals surface area contributed by atoms with Gasteiger partial charge in [-0.15, -0.1) is 33.2 Å². The third-order valence-electron chi connectivity index (χ3n) is 2.80. The van der Waals surface area contributed by atoms with E-state index in [0.717, 1.165) is 24.5 Å². The first kappa shape index (κ1) is 20.2. The van der Waals surface area contributed by atoms with Gasteiger partial charge in [0.25, 0.3) is 0 Å². The van der Waals surface area contributed by atoms with Gasteiger partial charge < -0.3 is 14.6 Å². The van der Waals surface area contributed by atoms with E-state index >= 15 is 0 Å². The minimum absolute atomic E-state index is 0.487. The van der Waals surface area contributed by atoms with E-state index in [9.17, 15) is 4.79 Å². The van der Waals surface area contributed by atoms with Gasteiger partial charge in [-0.25, -0.2) is 4.79 Å². The van der Waals surface area contributed by atoms with Crippen molar-refractivity contribution in [2.45, 2.75) is 25.8 Å². The Morgan fingerprint density at radius 3 is 2.57 bits per heavy atom. The van der Waals surface area contributed by atoms with E-state index in [1.807, 2.05) is 6.92 Å². The molecule has 1 aromatic carbocycles. The summed E-state index contributed by atoms with van der Waals surface area (Å²) in [5.41, 5.74) is 0.727. The molecule has 8 heteroatoms. The van der Waals surface area contributed by atoms with E-state index in [0.29, 0.717) is 30.8 Å². The van der Waals surface area contributed by atoms with Gasteiger partial charge in [0, 0.05) is 6.08 Å². The summed E-state index contributed by atoms with van der Waals surface area (Å²) in [6.45, 7) is 2.86. The van der Waals surface area contributed by atoms with Gasteiger partial charge in [-0.05, 0) is 49.6 Å². The normalized spacial score (nSPS) is 11.7. The van der Waals surface area contributed by atoms with Crippen molar-refractivity contribution in [3.8, 4) is 11.5 Å². The van der Waals surface area contributed by atoms with Crippen LogP contribution in [0.1, 0.15) is 25.3 Å². The lowest BCUT2D eigenvalue weighted by atomic mass is 10.2. The molecule has 0 spiro atoms. The van der Waals surface area contributed by atoms with Gasteiger partial charge in [0.05, 0.1) is 13.2 Å². The zero-order chi connectivity index (χ0) is 17.3. The molecule has 0 aliphatic heterocycles. The predicted octanol–water partition coefficient (Wildman–Crippen LogP) is 5.00. The number of carbonyl (C=O) groups is 1. The van der Waals surface area contributed by atoms with Crippen molar-refractivity contribution in [3.05, 3.63) is 29.8 Å². The highest BCUT2D eigenvalue weighted by molar-refractivity contribution is 7.64. The Kier molecular flexibility index (Phi) is 8.84. The molecule has 4 nitrogen and oxygen atoms in total. The average molecular weight is 398 g/mol. The molecule has 0 heterocycles. The quantitative estimate of drug-likeness (QED) is 0.261. The second kappa shape index (κ2) is 10.1. The van der Waals surface area contributed by atoms with Crippen molar-refractivity contribution >= 4 is 51.3 Å². The van der Waals surface area contributed by atoms with Crippen LogP contribution in [-0.4, -0.2) is 30.3 Å². The number of rotatable bonds is 10. The van der Waals surface area contributed by atoms with Crippen LogP contribution >= 0.6 is 33.2 Å².